The quantitative estimate of drug-likeness (QED) is 0.693. The molecule has 0 aliphatic carbocycles. The smallest absolute Gasteiger partial charge is 0.0992 e. The Balaban J connectivity index is 2.55. The van der Waals surface area contributed by atoms with Crippen LogP contribution in [0.2, 0.25) is 0 Å². The highest BCUT2D eigenvalue weighted by molar-refractivity contribution is 5.21. The Morgan fingerprint density at radius 1 is 1.22 bits per heavy atom. The van der Waals surface area contributed by atoms with Crippen molar-refractivity contribution in [3.05, 3.63) is 35.9 Å². The Morgan fingerprint density at radius 2 is 1.83 bits per heavy atom. The molecule has 3 nitrogen and oxygen atoms in total. The Morgan fingerprint density at radius 3 is 2.33 bits per heavy atom. The molecule has 3 N–H and O–H groups in total. The molecule has 0 heterocycles. The third-order valence-electron chi connectivity index (χ3n) is 3.11. The molecule has 0 saturated heterocycles. The minimum Gasteiger partial charge on any atom is -0.395 e. The average molecular weight is 251 g/mol. The fourth-order valence-corrected chi connectivity index (χ4v) is 2.03. The molecule has 0 saturated carbocycles. The van der Waals surface area contributed by atoms with Gasteiger partial charge in [0.05, 0.1) is 12.2 Å². The minimum absolute atomic E-state index is 0.0418. The number of hydrogen-bond donors (Lipinski definition) is 3. The van der Waals surface area contributed by atoms with Crippen LogP contribution in [0.25, 0.3) is 0 Å². The van der Waals surface area contributed by atoms with Gasteiger partial charge in [0.15, 0.2) is 0 Å². The van der Waals surface area contributed by atoms with E-state index in [1.54, 1.807) is 6.92 Å². The van der Waals surface area contributed by atoms with E-state index in [2.05, 4.69) is 19.2 Å². The molecule has 0 fully saturated rings. The largest absolute Gasteiger partial charge is 0.395 e. The van der Waals surface area contributed by atoms with Gasteiger partial charge in [-0.15, -0.1) is 0 Å². The molecule has 0 radical (unpaired) electrons. The van der Waals surface area contributed by atoms with Crippen LogP contribution in [-0.2, 0) is 5.60 Å². The Labute approximate surface area is 110 Å². The van der Waals surface area contributed by atoms with Crippen molar-refractivity contribution in [2.24, 2.45) is 5.92 Å². The summed E-state index contributed by atoms with van der Waals surface area (Å²) in [4.78, 5) is 0. The summed E-state index contributed by atoms with van der Waals surface area (Å²) >= 11 is 0. The van der Waals surface area contributed by atoms with Crippen molar-refractivity contribution < 1.29 is 10.2 Å². The molecular weight excluding hydrogens is 226 g/mol. The van der Waals surface area contributed by atoms with Crippen molar-refractivity contribution in [2.75, 3.05) is 13.2 Å². The van der Waals surface area contributed by atoms with Gasteiger partial charge in [0.2, 0.25) is 0 Å². The summed E-state index contributed by atoms with van der Waals surface area (Å²) in [5.41, 5.74) is -0.0233. The second-order valence-corrected chi connectivity index (χ2v) is 5.53. The molecular formula is C15H25NO2. The van der Waals surface area contributed by atoms with Gasteiger partial charge in [-0.05, 0) is 24.8 Å². The first kappa shape index (κ1) is 15.2. The molecule has 1 aromatic carbocycles. The third kappa shape index (κ3) is 4.77. The Kier molecular flexibility index (Phi) is 5.79. The highest BCUT2D eigenvalue weighted by Crippen LogP contribution is 2.19. The van der Waals surface area contributed by atoms with Gasteiger partial charge in [0.25, 0.3) is 0 Å². The molecule has 3 heteroatoms. The number of aliphatic hydroxyl groups excluding tert-OH is 1. The van der Waals surface area contributed by atoms with Crippen molar-refractivity contribution in [2.45, 2.75) is 38.8 Å². The van der Waals surface area contributed by atoms with Gasteiger partial charge < -0.3 is 15.5 Å². The van der Waals surface area contributed by atoms with Crippen molar-refractivity contribution in [1.29, 1.82) is 0 Å². The van der Waals surface area contributed by atoms with Crippen molar-refractivity contribution in [1.82, 2.24) is 5.32 Å². The number of benzene rings is 1. The summed E-state index contributed by atoms with van der Waals surface area (Å²) in [6.07, 6.45) is 0.904. The maximum atomic E-state index is 10.4. The van der Waals surface area contributed by atoms with Gasteiger partial charge in [0, 0.05) is 12.6 Å². The predicted molar refractivity (Wildman–Crippen MR) is 74.3 cm³/mol. The zero-order chi connectivity index (χ0) is 13.6. The first-order chi connectivity index (χ1) is 8.45. The average Bonchev–Trinajstić information content (AvgIpc) is 2.35. The molecule has 0 aliphatic rings. The summed E-state index contributed by atoms with van der Waals surface area (Å²) in [5.74, 6) is 0.524. The summed E-state index contributed by atoms with van der Waals surface area (Å²) in [6.45, 7) is 6.58. The number of aliphatic hydroxyl groups is 2. The molecule has 0 aliphatic heterocycles. The van der Waals surface area contributed by atoms with Gasteiger partial charge in [-0.25, -0.2) is 0 Å². The summed E-state index contributed by atoms with van der Waals surface area (Å²) in [7, 11) is 0. The van der Waals surface area contributed by atoms with E-state index >= 15 is 0 Å². The normalized spacial score (nSPS) is 16.6. The van der Waals surface area contributed by atoms with Gasteiger partial charge >= 0.3 is 0 Å². The summed E-state index contributed by atoms with van der Waals surface area (Å²) in [5, 5.41) is 23.0. The summed E-state index contributed by atoms with van der Waals surface area (Å²) in [6, 6.07) is 9.64. The molecule has 0 spiro atoms. The Hall–Kier alpha value is -0.900. The van der Waals surface area contributed by atoms with Crippen LogP contribution in [0.3, 0.4) is 0 Å². The van der Waals surface area contributed by atoms with Crippen molar-refractivity contribution in [3.8, 4) is 0 Å². The third-order valence-corrected chi connectivity index (χ3v) is 3.11. The molecule has 2 atom stereocenters. The van der Waals surface area contributed by atoms with Crippen LogP contribution in [0.4, 0.5) is 0 Å². The highest BCUT2D eigenvalue weighted by atomic mass is 16.3. The topological polar surface area (TPSA) is 52.5 Å². The highest BCUT2D eigenvalue weighted by Gasteiger charge is 2.23. The van der Waals surface area contributed by atoms with Gasteiger partial charge in [-0.1, -0.05) is 44.2 Å². The monoisotopic (exact) mass is 251 g/mol. The van der Waals surface area contributed by atoms with E-state index in [0.717, 1.165) is 12.0 Å². The molecule has 1 rings (SSSR count). The van der Waals surface area contributed by atoms with Crippen LogP contribution in [0.15, 0.2) is 30.3 Å². The predicted octanol–water partition coefficient (Wildman–Crippen LogP) is 1.89. The molecule has 18 heavy (non-hydrogen) atoms. The van der Waals surface area contributed by atoms with Gasteiger partial charge in [0.1, 0.15) is 0 Å². The van der Waals surface area contributed by atoms with Gasteiger partial charge in [-0.3, -0.25) is 0 Å². The lowest BCUT2D eigenvalue weighted by atomic mass is 9.95. The van der Waals surface area contributed by atoms with E-state index in [0.29, 0.717) is 12.5 Å². The zero-order valence-electron chi connectivity index (χ0n) is 11.6. The number of nitrogens with one attached hydrogen (secondary N) is 1. The fraction of sp³-hybridized carbons (Fsp3) is 0.600. The van der Waals surface area contributed by atoms with Gasteiger partial charge in [-0.2, -0.15) is 0 Å². The van der Waals surface area contributed by atoms with E-state index < -0.39 is 5.60 Å². The number of hydrogen-bond acceptors (Lipinski definition) is 3. The van der Waals surface area contributed by atoms with E-state index in [-0.39, 0.29) is 12.6 Å². The van der Waals surface area contributed by atoms with Crippen LogP contribution in [0.5, 0.6) is 0 Å². The van der Waals surface area contributed by atoms with Crippen molar-refractivity contribution in [3.63, 3.8) is 0 Å². The maximum absolute atomic E-state index is 10.4. The van der Waals surface area contributed by atoms with E-state index in [9.17, 15) is 10.2 Å². The lowest BCUT2D eigenvalue weighted by Crippen LogP contribution is -2.43. The van der Waals surface area contributed by atoms with Crippen LogP contribution in [0, 0.1) is 5.92 Å². The molecule has 1 aromatic rings. The maximum Gasteiger partial charge on any atom is 0.0992 e. The molecule has 2 unspecified atom stereocenters. The molecule has 0 bridgehead atoms. The zero-order valence-corrected chi connectivity index (χ0v) is 11.6. The van der Waals surface area contributed by atoms with E-state index in [1.165, 1.54) is 0 Å². The lowest BCUT2D eigenvalue weighted by Gasteiger charge is -2.27. The van der Waals surface area contributed by atoms with Crippen LogP contribution in [-0.4, -0.2) is 29.4 Å². The number of rotatable bonds is 7. The minimum atomic E-state index is -0.911. The second-order valence-electron chi connectivity index (χ2n) is 5.53. The van der Waals surface area contributed by atoms with Crippen LogP contribution >= 0.6 is 0 Å². The van der Waals surface area contributed by atoms with E-state index in [1.807, 2.05) is 30.3 Å². The van der Waals surface area contributed by atoms with Crippen LogP contribution in [0.1, 0.15) is 32.8 Å². The first-order valence-corrected chi connectivity index (χ1v) is 6.58. The SMILES string of the molecule is CC(C)CC(CO)NCC(C)(O)c1ccccc1. The van der Waals surface area contributed by atoms with Crippen molar-refractivity contribution >= 4 is 0 Å². The fourth-order valence-electron chi connectivity index (χ4n) is 2.03. The molecule has 0 aromatic heterocycles. The second kappa shape index (κ2) is 6.88. The molecule has 0 amide bonds. The molecule has 102 valence electrons. The lowest BCUT2D eigenvalue weighted by molar-refractivity contribution is 0.0497. The first-order valence-electron chi connectivity index (χ1n) is 6.58. The standard InChI is InChI=1S/C15H25NO2/c1-12(2)9-14(10-17)16-11-15(3,18)13-7-5-4-6-8-13/h4-8,12,14,16-18H,9-11H2,1-3H3. The van der Waals surface area contributed by atoms with Crippen LogP contribution < -0.4 is 5.32 Å². The summed E-state index contributed by atoms with van der Waals surface area (Å²) < 4.78 is 0. The van der Waals surface area contributed by atoms with E-state index in [4.69, 9.17) is 0 Å². The Bertz CT molecular complexity index is 336.